The predicted molar refractivity (Wildman–Crippen MR) is 99.2 cm³/mol. The number of aryl methyl sites for hydroxylation is 2. The average molecular weight is 360 g/mol. The summed E-state index contributed by atoms with van der Waals surface area (Å²) in [6, 6.07) is 14.5. The topological polar surface area (TPSA) is 87.7 Å². The fourth-order valence-electron chi connectivity index (χ4n) is 3.56. The van der Waals surface area contributed by atoms with Gasteiger partial charge in [0.2, 0.25) is 11.8 Å². The molecule has 134 valence electrons. The van der Waals surface area contributed by atoms with Gasteiger partial charge in [-0.2, -0.15) is 5.26 Å². The number of H-pyrrole nitrogens is 1. The van der Waals surface area contributed by atoms with E-state index in [9.17, 15) is 9.65 Å². The van der Waals surface area contributed by atoms with Gasteiger partial charge in [0.15, 0.2) is 0 Å². The van der Waals surface area contributed by atoms with Crippen LogP contribution < -0.4 is 10.5 Å². The molecule has 0 bridgehead atoms. The van der Waals surface area contributed by atoms with Gasteiger partial charge < -0.3 is 10.5 Å². The van der Waals surface area contributed by atoms with Gasteiger partial charge in [-0.1, -0.05) is 42.0 Å². The van der Waals surface area contributed by atoms with Crippen molar-refractivity contribution in [1.82, 2.24) is 10.2 Å². The quantitative estimate of drug-likeness (QED) is 0.722. The van der Waals surface area contributed by atoms with Crippen LogP contribution in [0.15, 0.2) is 53.9 Å². The number of hydrogen-bond donors (Lipinski definition) is 2. The fraction of sp³-hybridized carbons (Fsp3) is 0.143. The van der Waals surface area contributed by atoms with Gasteiger partial charge in [-0.15, -0.1) is 5.10 Å². The molecule has 2 heterocycles. The lowest BCUT2D eigenvalue weighted by molar-refractivity contribution is 0.378. The van der Waals surface area contributed by atoms with Crippen LogP contribution in [-0.2, 0) is 0 Å². The minimum atomic E-state index is -0.700. The molecule has 0 saturated heterocycles. The molecule has 3 N–H and O–H groups in total. The number of nitriles is 1. The highest BCUT2D eigenvalue weighted by atomic mass is 19.1. The van der Waals surface area contributed by atoms with Crippen LogP contribution >= 0.6 is 0 Å². The summed E-state index contributed by atoms with van der Waals surface area (Å²) in [6.45, 7) is 4.01. The molecule has 0 fully saturated rings. The molecule has 6 heteroatoms. The Labute approximate surface area is 155 Å². The Morgan fingerprint density at radius 1 is 1.22 bits per heavy atom. The van der Waals surface area contributed by atoms with Crippen molar-refractivity contribution in [2.45, 2.75) is 19.8 Å². The largest absolute Gasteiger partial charge is 0.420 e. The van der Waals surface area contributed by atoms with Crippen molar-refractivity contribution in [2.75, 3.05) is 0 Å². The maximum Gasteiger partial charge on any atom is 0.244 e. The van der Waals surface area contributed by atoms with E-state index in [0.29, 0.717) is 16.8 Å². The zero-order valence-electron chi connectivity index (χ0n) is 14.9. The van der Waals surface area contributed by atoms with E-state index in [1.54, 1.807) is 18.2 Å². The van der Waals surface area contributed by atoms with Crippen molar-refractivity contribution >= 4 is 0 Å². The van der Waals surface area contributed by atoms with Crippen molar-refractivity contribution < 1.29 is 9.13 Å². The second-order valence-corrected chi connectivity index (χ2v) is 6.58. The molecule has 5 nitrogen and oxygen atoms in total. The third kappa shape index (κ3) is 2.64. The summed E-state index contributed by atoms with van der Waals surface area (Å²) in [5, 5.41) is 16.9. The average Bonchev–Trinajstić information content (AvgIpc) is 3.04. The number of benzene rings is 2. The number of hydrogen-bond acceptors (Lipinski definition) is 4. The number of nitrogens with two attached hydrogens (primary N) is 1. The van der Waals surface area contributed by atoms with E-state index < -0.39 is 11.7 Å². The lowest BCUT2D eigenvalue weighted by Gasteiger charge is -2.24. The van der Waals surface area contributed by atoms with E-state index >= 15 is 0 Å². The normalized spacial score (nSPS) is 15.9. The highest BCUT2D eigenvalue weighted by Crippen LogP contribution is 2.46. The second kappa shape index (κ2) is 6.29. The summed E-state index contributed by atoms with van der Waals surface area (Å²) < 4.78 is 20.2. The smallest absolute Gasteiger partial charge is 0.244 e. The predicted octanol–water partition coefficient (Wildman–Crippen LogP) is 4.05. The number of aromatic amines is 1. The maximum atomic E-state index is 14.6. The summed E-state index contributed by atoms with van der Waals surface area (Å²) in [5.74, 6) is -0.912. The van der Waals surface area contributed by atoms with Crippen LogP contribution in [0.2, 0.25) is 0 Å². The van der Waals surface area contributed by atoms with Gasteiger partial charge in [-0.3, -0.25) is 5.10 Å². The Balaban J connectivity index is 2.00. The highest BCUT2D eigenvalue weighted by Gasteiger charge is 2.37. The number of aromatic nitrogens is 2. The zero-order chi connectivity index (χ0) is 19.1. The number of ether oxygens (including phenoxy) is 1. The molecule has 0 radical (unpaired) electrons. The summed E-state index contributed by atoms with van der Waals surface area (Å²) in [7, 11) is 0. The van der Waals surface area contributed by atoms with Gasteiger partial charge in [0.05, 0.1) is 17.2 Å². The van der Waals surface area contributed by atoms with Crippen molar-refractivity contribution in [1.29, 1.82) is 5.26 Å². The Hall–Kier alpha value is -3.59. The number of allylic oxidation sites excluding steroid dienone is 1. The van der Waals surface area contributed by atoms with E-state index in [1.165, 1.54) is 6.07 Å². The minimum Gasteiger partial charge on any atom is -0.420 e. The van der Waals surface area contributed by atoms with Crippen molar-refractivity contribution in [3.63, 3.8) is 0 Å². The molecule has 1 aliphatic heterocycles. The molecule has 0 spiro atoms. The fourth-order valence-corrected chi connectivity index (χ4v) is 3.56. The standard InChI is InChI=1S/C21H17FN4O/c1-11-7-8-13(12(2)9-11)19-18-17(14-5-3-4-6-16(14)22)15(10-23)20(24)27-21(18)26-25-19/h3-9,17H,24H2,1-2H3,(H,25,26)/t17-/m0/s1. The molecule has 0 unspecified atom stereocenters. The number of halogens is 1. The van der Waals surface area contributed by atoms with Crippen LogP contribution in [0.5, 0.6) is 5.88 Å². The lowest BCUT2D eigenvalue weighted by atomic mass is 9.82. The van der Waals surface area contributed by atoms with E-state index in [4.69, 9.17) is 10.5 Å². The van der Waals surface area contributed by atoms with Gasteiger partial charge in [-0.05, 0) is 25.5 Å². The van der Waals surface area contributed by atoms with Crippen molar-refractivity contribution in [2.24, 2.45) is 5.73 Å². The number of nitrogens with one attached hydrogen (secondary N) is 1. The summed E-state index contributed by atoms with van der Waals surface area (Å²) in [5.41, 5.74) is 10.8. The molecule has 0 aliphatic carbocycles. The molecule has 1 aliphatic rings. The number of rotatable bonds is 2. The molecule has 0 saturated carbocycles. The van der Waals surface area contributed by atoms with Crippen LogP contribution in [0.25, 0.3) is 11.3 Å². The van der Waals surface area contributed by atoms with Crippen LogP contribution in [0.1, 0.15) is 28.2 Å². The lowest BCUT2D eigenvalue weighted by Crippen LogP contribution is -2.21. The highest BCUT2D eigenvalue weighted by molar-refractivity contribution is 5.73. The molecular formula is C21H17FN4O. The molecule has 3 aromatic rings. The third-order valence-electron chi connectivity index (χ3n) is 4.81. The molecule has 4 rings (SSSR count). The van der Waals surface area contributed by atoms with Crippen LogP contribution in [0.3, 0.4) is 0 Å². The van der Waals surface area contributed by atoms with Gasteiger partial charge >= 0.3 is 0 Å². The van der Waals surface area contributed by atoms with Crippen LogP contribution in [0, 0.1) is 31.0 Å². The van der Waals surface area contributed by atoms with Gasteiger partial charge in [-0.25, -0.2) is 4.39 Å². The first kappa shape index (κ1) is 16.9. The van der Waals surface area contributed by atoms with Crippen LogP contribution in [-0.4, -0.2) is 10.2 Å². The van der Waals surface area contributed by atoms with Gasteiger partial charge in [0, 0.05) is 11.1 Å². The first-order valence-electron chi connectivity index (χ1n) is 8.49. The van der Waals surface area contributed by atoms with Crippen molar-refractivity contribution in [3.05, 3.63) is 82.0 Å². The monoisotopic (exact) mass is 360 g/mol. The summed E-state index contributed by atoms with van der Waals surface area (Å²) >= 11 is 0. The van der Waals surface area contributed by atoms with E-state index in [1.807, 2.05) is 26.0 Å². The Morgan fingerprint density at radius 2 is 2.00 bits per heavy atom. The zero-order valence-corrected chi connectivity index (χ0v) is 14.9. The Morgan fingerprint density at radius 3 is 2.70 bits per heavy atom. The summed E-state index contributed by atoms with van der Waals surface area (Å²) in [6.07, 6.45) is 0. The van der Waals surface area contributed by atoms with Crippen LogP contribution in [0.4, 0.5) is 4.39 Å². The van der Waals surface area contributed by atoms with E-state index in [0.717, 1.165) is 16.7 Å². The van der Waals surface area contributed by atoms with Gasteiger partial charge in [0.1, 0.15) is 17.5 Å². The molecule has 0 amide bonds. The van der Waals surface area contributed by atoms with Crippen molar-refractivity contribution in [3.8, 4) is 23.2 Å². The number of nitrogens with zero attached hydrogens (tertiary/aromatic N) is 2. The van der Waals surface area contributed by atoms with E-state index in [-0.39, 0.29) is 17.3 Å². The second-order valence-electron chi connectivity index (χ2n) is 6.58. The minimum absolute atomic E-state index is 0.0584. The molecule has 27 heavy (non-hydrogen) atoms. The SMILES string of the molecule is Cc1ccc(-c2[nH]nc3c2[C@@H](c2ccccc2F)C(C#N)=C(N)O3)c(C)c1. The molecule has 1 aromatic heterocycles. The molecular weight excluding hydrogens is 343 g/mol. The number of fused-ring (bicyclic) bond motifs is 1. The molecule has 1 atom stereocenters. The Bertz CT molecular complexity index is 1120. The van der Waals surface area contributed by atoms with Gasteiger partial charge in [0.25, 0.3) is 0 Å². The first-order chi connectivity index (χ1) is 13.0. The third-order valence-corrected chi connectivity index (χ3v) is 4.81. The summed E-state index contributed by atoms with van der Waals surface area (Å²) in [4.78, 5) is 0. The molecule has 2 aromatic carbocycles. The Kier molecular flexibility index (Phi) is 3.93. The maximum absolute atomic E-state index is 14.6. The van der Waals surface area contributed by atoms with E-state index in [2.05, 4.69) is 22.3 Å². The first-order valence-corrected chi connectivity index (χ1v) is 8.49.